The predicted octanol–water partition coefficient (Wildman–Crippen LogP) is 6.89. The summed E-state index contributed by atoms with van der Waals surface area (Å²) in [5, 5.41) is 11.2. The topological polar surface area (TPSA) is 117 Å². The van der Waals surface area contributed by atoms with E-state index in [1.165, 1.54) is 36.8 Å². The van der Waals surface area contributed by atoms with Crippen LogP contribution in [0.15, 0.2) is 109 Å². The van der Waals surface area contributed by atoms with E-state index < -0.39 is 46.8 Å². The molecule has 0 spiro atoms. The van der Waals surface area contributed by atoms with Gasteiger partial charge in [-0.15, -0.1) is 0 Å². The molecule has 11 heteroatoms. The van der Waals surface area contributed by atoms with E-state index in [9.17, 15) is 14.7 Å². The first-order valence-corrected chi connectivity index (χ1v) is 20.0. The average molecular weight is 786 g/mol. The fraction of sp³-hybridized carbons (Fsp3) is 0.348. The second kappa shape index (κ2) is 14.5. The minimum absolute atomic E-state index is 0.0980. The number of carbonyl (C=O) groups is 4. The Labute approximate surface area is 336 Å². The van der Waals surface area contributed by atoms with Crippen molar-refractivity contribution in [1.82, 2.24) is 9.80 Å². The minimum Gasteiger partial charge on any atom is -0.508 e. The molecule has 1 saturated carbocycles. The molecule has 1 N–H and O–H groups in total. The van der Waals surface area contributed by atoms with Crippen molar-refractivity contribution in [2.24, 2.45) is 23.7 Å². The van der Waals surface area contributed by atoms with Crippen LogP contribution >= 0.6 is 11.6 Å². The molecule has 57 heavy (non-hydrogen) atoms. The second-order valence-corrected chi connectivity index (χ2v) is 16.3. The molecule has 5 aliphatic rings. The van der Waals surface area contributed by atoms with Crippen molar-refractivity contribution >= 4 is 40.9 Å². The number of allylic oxidation sites excluding steroid dienone is 2. The number of likely N-dealkylation sites (tertiary alicyclic amines) is 2. The van der Waals surface area contributed by atoms with E-state index in [1.807, 2.05) is 54.6 Å². The van der Waals surface area contributed by atoms with Crippen LogP contribution in [0.5, 0.6) is 17.2 Å². The van der Waals surface area contributed by atoms with Crippen LogP contribution in [0.4, 0.5) is 5.69 Å². The number of fused-ring (bicyclic) bond motifs is 4. The first-order valence-electron chi connectivity index (χ1n) is 19.6. The molecule has 9 rings (SSSR count). The standard InChI is InChI=1S/C46H44ClN3O7/c1-56-37-23-32(51)24-38(57-2)40(37)41-33-16-17-34-39(44(54)49(42(34)52)30-18-20-48(21-19-30)26-27-10-5-3-6-11-27)35(33)25-36-43(53)50(31-15-9-14-29(47)22-31)45(55)46(36,41)28-12-7-4-8-13-28/h3-16,22-24,30,34-36,39,41,51H,17-21,25-26H2,1-2H3/t34-,35+,36-,39-,41+,46+/m0/s1. The SMILES string of the molecule is COc1cc(O)cc(OC)c1[C@H]1C2=CC[C@@H]3C(=O)N(C4CCN(Cc5ccccc5)CC4)C(=O)[C@@H]3[C@@H]2C[C@H]2C(=O)N(c3cccc(Cl)c3)C(=O)[C@@]12c1ccccc1. The predicted molar refractivity (Wildman–Crippen MR) is 214 cm³/mol. The number of ether oxygens (including phenoxy) is 2. The number of phenolic OH excluding ortho intramolecular Hbond substituents is 1. The highest BCUT2D eigenvalue weighted by atomic mass is 35.5. The Hall–Kier alpha value is -5.45. The number of piperidine rings is 1. The molecule has 3 heterocycles. The Balaban J connectivity index is 1.16. The quantitative estimate of drug-likeness (QED) is 0.152. The van der Waals surface area contributed by atoms with E-state index in [2.05, 4.69) is 17.0 Å². The summed E-state index contributed by atoms with van der Waals surface area (Å²) >= 11 is 6.46. The first kappa shape index (κ1) is 37.1. The van der Waals surface area contributed by atoms with Gasteiger partial charge in [-0.1, -0.05) is 90.0 Å². The molecule has 0 unspecified atom stereocenters. The third-order valence-electron chi connectivity index (χ3n) is 13.2. The van der Waals surface area contributed by atoms with E-state index in [0.717, 1.165) is 25.2 Å². The van der Waals surface area contributed by atoms with E-state index in [-0.39, 0.29) is 41.5 Å². The van der Waals surface area contributed by atoms with Gasteiger partial charge in [0.05, 0.1) is 43.1 Å². The van der Waals surface area contributed by atoms with Gasteiger partial charge < -0.3 is 14.6 Å². The van der Waals surface area contributed by atoms with E-state index in [1.54, 1.807) is 29.2 Å². The lowest BCUT2D eigenvalue weighted by Crippen LogP contribution is -2.53. The van der Waals surface area contributed by atoms with Crippen LogP contribution in [0.25, 0.3) is 0 Å². The zero-order valence-electron chi connectivity index (χ0n) is 31.8. The van der Waals surface area contributed by atoms with Crippen LogP contribution in [0.2, 0.25) is 5.02 Å². The van der Waals surface area contributed by atoms with Crippen LogP contribution in [0.3, 0.4) is 0 Å². The Morgan fingerprint density at radius 1 is 0.789 bits per heavy atom. The van der Waals surface area contributed by atoms with Crippen molar-refractivity contribution in [2.45, 2.75) is 49.6 Å². The molecule has 292 valence electrons. The van der Waals surface area contributed by atoms with Crippen molar-refractivity contribution < 1.29 is 33.8 Å². The third-order valence-corrected chi connectivity index (χ3v) is 13.4. The molecule has 4 fully saturated rings. The minimum atomic E-state index is -1.52. The number of rotatable bonds is 8. The van der Waals surface area contributed by atoms with Crippen molar-refractivity contribution in [3.05, 3.63) is 130 Å². The molecule has 3 saturated heterocycles. The van der Waals surface area contributed by atoms with Crippen LogP contribution in [-0.2, 0) is 31.1 Å². The monoisotopic (exact) mass is 785 g/mol. The number of methoxy groups -OCH3 is 2. The van der Waals surface area contributed by atoms with Gasteiger partial charge in [0.15, 0.2) is 0 Å². The average Bonchev–Trinajstić information content (AvgIpc) is 3.62. The normalized spacial score (nSPS) is 27.6. The Morgan fingerprint density at radius 3 is 2.11 bits per heavy atom. The van der Waals surface area contributed by atoms with Gasteiger partial charge in [-0.3, -0.25) is 29.0 Å². The fourth-order valence-corrected chi connectivity index (χ4v) is 11.0. The molecule has 10 nitrogen and oxygen atoms in total. The Kier molecular flexibility index (Phi) is 9.44. The van der Waals surface area contributed by atoms with Crippen LogP contribution in [0.1, 0.15) is 48.3 Å². The summed E-state index contributed by atoms with van der Waals surface area (Å²) in [7, 11) is 2.97. The highest BCUT2D eigenvalue weighted by Crippen LogP contribution is 2.66. The smallest absolute Gasteiger partial charge is 0.246 e. The summed E-state index contributed by atoms with van der Waals surface area (Å²) in [5.41, 5.74) is 1.94. The summed E-state index contributed by atoms with van der Waals surface area (Å²) in [6.45, 7) is 2.34. The van der Waals surface area contributed by atoms with Gasteiger partial charge in [0.25, 0.3) is 0 Å². The highest BCUT2D eigenvalue weighted by Gasteiger charge is 2.71. The van der Waals surface area contributed by atoms with Crippen molar-refractivity contribution in [3.8, 4) is 17.2 Å². The number of hydrogen-bond acceptors (Lipinski definition) is 8. The molecule has 6 atom stereocenters. The number of halogens is 1. The molecular weight excluding hydrogens is 742 g/mol. The lowest BCUT2D eigenvalue weighted by Gasteiger charge is -2.51. The second-order valence-electron chi connectivity index (χ2n) is 15.9. The van der Waals surface area contributed by atoms with Crippen molar-refractivity contribution in [3.63, 3.8) is 0 Å². The maximum absolute atomic E-state index is 15.6. The number of carbonyl (C=O) groups excluding carboxylic acids is 4. The molecule has 3 aliphatic heterocycles. The lowest BCUT2D eigenvalue weighted by atomic mass is 9.49. The van der Waals surface area contributed by atoms with Gasteiger partial charge >= 0.3 is 0 Å². The van der Waals surface area contributed by atoms with Gasteiger partial charge in [-0.05, 0) is 60.9 Å². The summed E-state index contributed by atoms with van der Waals surface area (Å²) in [4.78, 5) is 65.3. The van der Waals surface area contributed by atoms with Crippen molar-refractivity contribution in [1.29, 1.82) is 0 Å². The number of imide groups is 2. The summed E-state index contributed by atoms with van der Waals surface area (Å²) in [6.07, 6.45) is 3.87. The fourth-order valence-electron chi connectivity index (χ4n) is 10.8. The number of benzene rings is 4. The number of aromatic hydroxyl groups is 1. The van der Waals surface area contributed by atoms with Gasteiger partial charge in [-0.25, -0.2) is 4.90 Å². The summed E-state index contributed by atoms with van der Waals surface area (Å²) in [6, 6.07) is 29.0. The Bertz CT molecular complexity index is 2270. The molecule has 4 aromatic rings. The van der Waals surface area contributed by atoms with Gasteiger partial charge in [0.1, 0.15) is 17.2 Å². The van der Waals surface area contributed by atoms with Crippen LogP contribution in [-0.4, -0.2) is 71.9 Å². The molecule has 0 radical (unpaired) electrons. The number of amides is 4. The number of hydrogen-bond donors (Lipinski definition) is 1. The zero-order valence-corrected chi connectivity index (χ0v) is 32.6. The van der Waals surface area contributed by atoms with Gasteiger partial charge in [0, 0.05) is 54.3 Å². The molecular formula is C46H44ClN3O7. The van der Waals surface area contributed by atoms with Crippen LogP contribution in [0, 0.1) is 23.7 Å². The maximum atomic E-state index is 15.6. The lowest BCUT2D eigenvalue weighted by molar-refractivity contribution is -0.144. The molecule has 4 aromatic carbocycles. The van der Waals surface area contributed by atoms with Crippen molar-refractivity contribution in [2.75, 3.05) is 32.2 Å². The molecule has 0 aromatic heterocycles. The molecule has 4 amide bonds. The third kappa shape index (κ3) is 5.78. The highest BCUT2D eigenvalue weighted by molar-refractivity contribution is 6.32. The number of anilines is 1. The van der Waals surface area contributed by atoms with E-state index in [4.69, 9.17) is 21.1 Å². The first-order chi connectivity index (χ1) is 27.7. The van der Waals surface area contributed by atoms with Crippen LogP contribution < -0.4 is 14.4 Å². The maximum Gasteiger partial charge on any atom is 0.246 e. The van der Waals surface area contributed by atoms with Gasteiger partial charge in [0.2, 0.25) is 23.6 Å². The Morgan fingerprint density at radius 2 is 1.46 bits per heavy atom. The van der Waals surface area contributed by atoms with Gasteiger partial charge in [-0.2, -0.15) is 0 Å². The zero-order chi connectivity index (χ0) is 39.6. The molecule has 0 bridgehead atoms. The molecule has 2 aliphatic carbocycles. The number of phenols is 1. The van der Waals surface area contributed by atoms with E-state index >= 15 is 9.59 Å². The number of nitrogens with zero attached hydrogens (tertiary/aromatic N) is 3. The largest absolute Gasteiger partial charge is 0.508 e. The van der Waals surface area contributed by atoms with E-state index in [0.29, 0.717) is 41.1 Å². The summed E-state index contributed by atoms with van der Waals surface area (Å²) in [5.74, 6) is -4.44. The summed E-state index contributed by atoms with van der Waals surface area (Å²) < 4.78 is 11.9.